The molecule has 1 saturated heterocycles. The van der Waals surface area contributed by atoms with E-state index in [1.807, 2.05) is 95.2 Å². The van der Waals surface area contributed by atoms with Gasteiger partial charge in [0, 0.05) is 48.8 Å². The number of hydrogen-bond donors (Lipinski definition) is 7. The molecule has 0 aromatic carbocycles. The first-order valence-electron chi connectivity index (χ1n) is 30.7. The van der Waals surface area contributed by atoms with Crippen molar-refractivity contribution in [3.05, 3.63) is 12.2 Å². The molecule has 0 aliphatic carbocycles. The highest BCUT2D eigenvalue weighted by Crippen LogP contribution is 2.24. The van der Waals surface area contributed by atoms with E-state index >= 15 is 4.79 Å². The molecule has 0 aromatic rings. The molecule has 0 saturated carbocycles. The summed E-state index contributed by atoms with van der Waals surface area (Å²) in [5.41, 5.74) is 0. The molecule has 2 unspecified atom stereocenters. The number of carbonyl (C=O) groups is 10. The summed E-state index contributed by atoms with van der Waals surface area (Å²) in [7, 11) is 8.65. The van der Waals surface area contributed by atoms with E-state index in [2.05, 4.69) is 26.6 Å². The summed E-state index contributed by atoms with van der Waals surface area (Å²) in [4.78, 5) is 152. The van der Waals surface area contributed by atoms with Crippen molar-refractivity contribution >= 4 is 59.1 Å². The second kappa shape index (κ2) is 35.8. The van der Waals surface area contributed by atoms with Crippen LogP contribution in [0.25, 0.3) is 0 Å². The van der Waals surface area contributed by atoms with Crippen molar-refractivity contribution in [2.75, 3.05) is 55.4 Å². The molecule has 0 aromatic heterocycles. The van der Waals surface area contributed by atoms with Crippen molar-refractivity contribution in [3.8, 4) is 0 Å². The van der Waals surface area contributed by atoms with Crippen LogP contribution in [0.5, 0.6) is 0 Å². The fourth-order valence-electron chi connectivity index (χ4n) is 10.7. The Balaban J connectivity index is 4.27. The van der Waals surface area contributed by atoms with Crippen LogP contribution in [0.4, 0.5) is 0 Å². The number of likely N-dealkylation sites (N-methyl/N-ethyl adjacent to an activating group) is 6. The topological polar surface area (TPSA) is 291 Å². The predicted octanol–water partition coefficient (Wildman–Crippen LogP) is 2.76. The first-order valence-corrected chi connectivity index (χ1v) is 30.7. The van der Waals surface area contributed by atoms with Crippen LogP contribution in [0.2, 0.25) is 0 Å². The maximum Gasteiger partial charge on any atom is 0.245 e. The fourth-order valence-corrected chi connectivity index (χ4v) is 10.7. The molecule has 23 heteroatoms. The van der Waals surface area contributed by atoms with Gasteiger partial charge < -0.3 is 66.2 Å². The van der Waals surface area contributed by atoms with E-state index in [0.29, 0.717) is 6.42 Å². The van der Waals surface area contributed by atoms with Gasteiger partial charge in [0.1, 0.15) is 54.4 Å². The van der Waals surface area contributed by atoms with Gasteiger partial charge in [-0.1, -0.05) is 102 Å². The number of allylic oxidation sites excluding steroid dienone is 2. The largest absolute Gasteiger partial charge is 0.391 e. The zero-order valence-electron chi connectivity index (χ0n) is 55.9. The first kappa shape index (κ1) is 77.3. The number of nitrogens with one attached hydrogen (secondary N) is 5. The van der Waals surface area contributed by atoms with Gasteiger partial charge in [-0.3, -0.25) is 47.9 Å². The molecule has 1 aliphatic rings. The number of amides is 10. The molecular weight excluding hydrogens is 1090 g/mol. The lowest BCUT2D eigenvalue weighted by atomic mass is 9.91. The standard InChI is InChI=1S/C62H113N11O12/c1-24-25-26-40(14)53(76)49-32-63-51(43(17)74)61(84)68(18)33-50(75)69(19)46(29-36(6)7)56(79)66-44(27-34(2)3)59(82)71(21)47(30-37(8)9)55(78)64-41(15)54(77)65-42(16)58(81)70(20)48(31-38(10)11)57(80)67-45(28-35(4)5)60(83)73(23)52(39(12)13)62(85)72(49)22/h24-25,34-49,51-53,63,74,76H,26-33H2,1-23H3,(H,64,78)(H,65,77)(H,66,79)(H,67,80)/b25-24+/t40?,41-,42+,43+,44-,45-,46-,47-,48-,49+,51-,52-,53?/m0/s1. The Hall–Kier alpha value is -5.68. The van der Waals surface area contributed by atoms with Crippen molar-refractivity contribution in [3.63, 3.8) is 0 Å². The van der Waals surface area contributed by atoms with Crippen molar-refractivity contribution in [1.29, 1.82) is 0 Å². The number of nitrogens with zero attached hydrogens (tertiary/aromatic N) is 6. The molecule has 488 valence electrons. The lowest BCUT2D eigenvalue weighted by Crippen LogP contribution is -2.62. The molecule has 1 aliphatic heterocycles. The van der Waals surface area contributed by atoms with Gasteiger partial charge in [-0.2, -0.15) is 0 Å². The Kier molecular flexibility index (Phi) is 32.6. The monoisotopic (exact) mass is 1200 g/mol. The van der Waals surface area contributed by atoms with E-state index in [0.717, 1.165) is 4.90 Å². The highest BCUT2D eigenvalue weighted by molar-refractivity contribution is 5.98. The smallest absolute Gasteiger partial charge is 0.245 e. The molecule has 13 atom stereocenters. The molecule has 0 radical (unpaired) electrons. The maximum absolute atomic E-state index is 15.1. The number of rotatable bonds is 16. The lowest BCUT2D eigenvalue weighted by molar-refractivity contribution is -0.151. The van der Waals surface area contributed by atoms with E-state index in [-0.39, 0.29) is 68.2 Å². The molecular formula is C62H113N11O12. The van der Waals surface area contributed by atoms with E-state index in [1.165, 1.54) is 87.6 Å². The Morgan fingerprint density at radius 2 is 0.882 bits per heavy atom. The van der Waals surface area contributed by atoms with Crippen LogP contribution in [0, 0.1) is 41.4 Å². The zero-order valence-corrected chi connectivity index (χ0v) is 55.9. The highest BCUT2D eigenvalue weighted by Gasteiger charge is 2.43. The van der Waals surface area contributed by atoms with Crippen LogP contribution in [0.15, 0.2) is 12.2 Å². The summed E-state index contributed by atoms with van der Waals surface area (Å²) >= 11 is 0. The molecule has 85 heavy (non-hydrogen) atoms. The number of aliphatic hydroxyl groups excluding tert-OH is 2. The van der Waals surface area contributed by atoms with Gasteiger partial charge in [0.2, 0.25) is 59.1 Å². The summed E-state index contributed by atoms with van der Waals surface area (Å²) in [6.45, 7) is 29.4. The van der Waals surface area contributed by atoms with E-state index < -0.39 is 150 Å². The normalized spacial score (nSPS) is 27.2. The predicted molar refractivity (Wildman–Crippen MR) is 330 cm³/mol. The molecule has 0 bridgehead atoms. The molecule has 10 amide bonds. The minimum absolute atomic E-state index is 0.125. The Bertz CT molecular complexity index is 2260. The van der Waals surface area contributed by atoms with Crippen LogP contribution in [0.3, 0.4) is 0 Å². The van der Waals surface area contributed by atoms with Crippen molar-refractivity contribution in [2.24, 2.45) is 41.4 Å². The Morgan fingerprint density at radius 3 is 1.29 bits per heavy atom. The third-order valence-corrected chi connectivity index (χ3v) is 15.9. The molecule has 1 fully saturated rings. The summed E-state index contributed by atoms with van der Waals surface area (Å²) in [5.74, 6) is -8.02. The highest BCUT2D eigenvalue weighted by atomic mass is 16.3. The Labute approximate surface area is 509 Å². The first-order chi connectivity index (χ1) is 39.2. The molecule has 7 N–H and O–H groups in total. The summed E-state index contributed by atoms with van der Waals surface area (Å²) < 4.78 is 0. The van der Waals surface area contributed by atoms with Gasteiger partial charge in [0.25, 0.3) is 0 Å². The van der Waals surface area contributed by atoms with Crippen molar-refractivity contribution in [2.45, 2.75) is 229 Å². The van der Waals surface area contributed by atoms with Crippen LogP contribution < -0.4 is 26.6 Å². The minimum atomic E-state index is -1.37. The van der Waals surface area contributed by atoms with Gasteiger partial charge in [-0.15, -0.1) is 0 Å². The van der Waals surface area contributed by atoms with Crippen molar-refractivity contribution < 1.29 is 58.2 Å². The Morgan fingerprint density at radius 1 is 0.482 bits per heavy atom. The summed E-state index contributed by atoms with van der Waals surface area (Å²) in [6, 6.07) is -11.7. The average molecular weight is 1200 g/mol. The van der Waals surface area contributed by atoms with Gasteiger partial charge in [0.05, 0.1) is 24.8 Å². The number of aliphatic hydroxyl groups is 2. The third-order valence-electron chi connectivity index (χ3n) is 15.9. The van der Waals surface area contributed by atoms with Gasteiger partial charge in [-0.05, 0) is 108 Å². The van der Waals surface area contributed by atoms with Crippen LogP contribution >= 0.6 is 0 Å². The van der Waals surface area contributed by atoms with Gasteiger partial charge in [-0.25, -0.2) is 0 Å². The van der Waals surface area contributed by atoms with Crippen LogP contribution in [-0.2, 0) is 47.9 Å². The van der Waals surface area contributed by atoms with E-state index in [4.69, 9.17) is 0 Å². The maximum atomic E-state index is 15.1. The van der Waals surface area contributed by atoms with Crippen LogP contribution in [0.1, 0.15) is 156 Å². The summed E-state index contributed by atoms with van der Waals surface area (Å²) in [5, 5.41) is 37.6. The lowest BCUT2D eigenvalue weighted by Gasteiger charge is -2.41. The number of hydrogen-bond acceptors (Lipinski definition) is 13. The van der Waals surface area contributed by atoms with Crippen LogP contribution in [-0.4, -0.2) is 227 Å². The van der Waals surface area contributed by atoms with Crippen molar-refractivity contribution in [1.82, 2.24) is 56.0 Å². The minimum Gasteiger partial charge on any atom is -0.391 e. The van der Waals surface area contributed by atoms with E-state index in [9.17, 15) is 53.4 Å². The number of carbonyl (C=O) groups excluding carboxylic acids is 10. The third kappa shape index (κ3) is 23.5. The second-order valence-corrected chi connectivity index (χ2v) is 26.4. The van der Waals surface area contributed by atoms with Gasteiger partial charge in [0.15, 0.2) is 0 Å². The fraction of sp³-hybridized carbons (Fsp3) is 0.806. The quantitative estimate of drug-likeness (QED) is 0.110. The molecule has 0 spiro atoms. The second-order valence-electron chi connectivity index (χ2n) is 26.4. The average Bonchev–Trinajstić information content (AvgIpc) is 3.60. The summed E-state index contributed by atoms with van der Waals surface area (Å²) in [6.07, 6.45) is 2.34. The molecule has 1 heterocycles. The van der Waals surface area contributed by atoms with E-state index in [1.54, 1.807) is 13.8 Å². The SMILES string of the molecule is C/C=C/CC(C)C(O)[C@H]1CN[C@@H]([C@@H](C)O)C(=O)N(C)CC(=O)N(C)[C@@H](CC(C)C)C(=O)N[C@@H](CC(C)C)C(=O)N(C)[C@@H](CC(C)C)C(=O)N[C@@H](C)C(=O)N[C@H](C)C(=O)N(C)[C@@H](CC(C)C)C(=O)N[C@@H](CC(C)C)C(=O)N(C)[C@@H](C(C)C)C(=O)N1C. The molecule has 23 nitrogen and oxygen atoms in total. The van der Waals surface area contributed by atoms with Gasteiger partial charge >= 0.3 is 0 Å². The zero-order chi connectivity index (χ0) is 65.8. The molecule has 1 rings (SSSR count).